The minimum Gasteiger partial charge on any atom is -0.465 e. The number of carbonyl (C=O) groups is 2. The van der Waals surface area contributed by atoms with Gasteiger partial charge in [0.1, 0.15) is 0 Å². The normalized spacial score (nSPS) is 16.4. The van der Waals surface area contributed by atoms with E-state index in [1.54, 1.807) is 21.9 Å². The topological polar surface area (TPSA) is 96.5 Å². The lowest BCUT2D eigenvalue weighted by Crippen LogP contribution is -2.48. The van der Waals surface area contributed by atoms with Crippen molar-refractivity contribution in [1.29, 1.82) is 0 Å². The molecule has 0 aliphatic carbocycles. The van der Waals surface area contributed by atoms with Crippen LogP contribution in [0.1, 0.15) is 27.9 Å². The van der Waals surface area contributed by atoms with Crippen LogP contribution in [0.4, 0.5) is 10.5 Å². The van der Waals surface area contributed by atoms with Crippen molar-refractivity contribution in [3.05, 3.63) is 71.3 Å². The minimum absolute atomic E-state index is 0. The molecule has 200 valence electrons. The van der Waals surface area contributed by atoms with Gasteiger partial charge in [0.05, 0.1) is 38.7 Å². The first kappa shape index (κ1) is 28.6. The number of methoxy groups -OCH3 is 1. The molecule has 0 spiro atoms. The first-order valence-electron chi connectivity index (χ1n) is 11.8. The lowest BCUT2D eigenvalue weighted by Gasteiger charge is -2.33. The predicted molar refractivity (Wildman–Crippen MR) is 144 cm³/mol. The van der Waals surface area contributed by atoms with E-state index in [0.717, 1.165) is 22.4 Å². The van der Waals surface area contributed by atoms with Crippen LogP contribution in [0, 0.1) is 0 Å². The number of amides is 2. The SMILES string of the molecule is COC(=O)c1ccc(CN(C(=O)N2CCOCC2)c2cccc(C3=CCN(S(C)(=O)=O)CC3)c2)cc1.Cl. The van der Waals surface area contributed by atoms with Crippen molar-refractivity contribution in [2.45, 2.75) is 13.0 Å². The van der Waals surface area contributed by atoms with Gasteiger partial charge in [0.25, 0.3) is 0 Å². The molecule has 0 atom stereocenters. The third-order valence-corrected chi connectivity index (χ3v) is 7.67. The molecule has 0 saturated carbocycles. The molecule has 1 fully saturated rings. The first-order valence-corrected chi connectivity index (χ1v) is 13.7. The van der Waals surface area contributed by atoms with Crippen LogP contribution in [-0.4, -0.2) is 82.4 Å². The Morgan fingerprint density at radius 1 is 1.05 bits per heavy atom. The number of hydrogen-bond donors (Lipinski definition) is 0. The van der Waals surface area contributed by atoms with Crippen molar-refractivity contribution in [3.63, 3.8) is 0 Å². The number of ether oxygens (including phenoxy) is 2. The van der Waals surface area contributed by atoms with E-state index in [-0.39, 0.29) is 18.4 Å². The van der Waals surface area contributed by atoms with E-state index in [2.05, 4.69) is 0 Å². The fraction of sp³-hybridized carbons (Fsp3) is 0.385. The van der Waals surface area contributed by atoms with Crippen LogP contribution in [0.25, 0.3) is 5.57 Å². The van der Waals surface area contributed by atoms with Gasteiger partial charge in [-0.25, -0.2) is 18.0 Å². The molecule has 0 unspecified atom stereocenters. The molecule has 4 rings (SSSR count). The lowest BCUT2D eigenvalue weighted by molar-refractivity contribution is 0.0548. The number of nitrogens with zero attached hydrogens (tertiary/aromatic N) is 3. The molecule has 2 amide bonds. The number of benzene rings is 2. The van der Waals surface area contributed by atoms with E-state index in [1.165, 1.54) is 17.7 Å². The quantitative estimate of drug-likeness (QED) is 0.512. The molecule has 2 aliphatic heterocycles. The maximum atomic E-state index is 13.6. The van der Waals surface area contributed by atoms with Crippen molar-refractivity contribution in [3.8, 4) is 0 Å². The summed E-state index contributed by atoms with van der Waals surface area (Å²) in [5.41, 5.74) is 4.07. The molecule has 2 aliphatic rings. The number of urea groups is 1. The number of anilines is 1. The summed E-state index contributed by atoms with van der Waals surface area (Å²) in [5.74, 6) is -0.411. The van der Waals surface area contributed by atoms with Crippen LogP contribution in [0.15, 0.2) is 54.6 Å². The van der Waals surface area contributed by atoms with Crippen LogP contribution in [0.3, 0.4) is 0 Å². The average Bonchev–Trinajstić information content (AvgIpc) is 2.91. The zero-order chi connectivity index (χ0) is 25.7. The molecule has 11 heteroatoms. The lowest BCUT2D eigenvalue weighted by atomic mass is 9.99. The van der Waals surface area contributed by atoms with E-state index in [9.17, 15) is 18.0 Å². The van der Waals surface area contributed by atoms with Gasteiger partial charge in [0.2, 0.25) is 10.0 Å². The summed E-state index contributed by atoms with van der Waals surface area (Å²) in [6.45, 7) is 3.11. The van der Waals surface area contributed by atoms with Gasteiger partial charge in [0.15, 0.2) is 0 Å². The Morgan fingerprint density at radius 3 is 2.35 bits per heavy atom. The highest BCUT2D eigenvalue weighted by Crippen LogP contribution is 2.28. The third-order valence-electron chi connectivity index (χ3n) is 6.40. The van der Waals surface area contributed by atoms with Crippen molar-refractivity contribution in [1.82, 2.24) is 9.21 Å². The molecule has 0 bridgehead atoms. The zero-order valence-electron chi connectivity index (χ0n) is 21.0. The standard InChI is InChI=1S/C26H31N3O6S.ClH/c1-34-25(30)22-8-6-20(7-9-22)19-29(26(31)27-14-16-35-17-15-27)24-5-3-4-23(18-24)21-10-12-28(13-11-21)36(2,32)33;/h3-10,18H,11-17,19H2,1-2H3;1H. The Bertz CT molecular complexity index is 1240. The van der Waals surface area contributed by atoms with E-state index in [4.69, 9.17) is 9.47 Å². The fourth-order valence-electron chi connectivity index (χ4n) is 4.33. The van der Waals surface area contributed by atoms with Gasteiger partial charge in [-0.1, -0.05) is 30.3 Å². The summed E-state index contributed by atoms with van der Waals surface area (Å²) < 4.78 is 35.4. The van der Waals surface area contributed by atoms with Crippen molar-refractivity contribution < 1.29 is 27.5 Å². The average molecular weight is 550 g/mol. The Morgan fingerprint density at radius 2 is 1.76 bits per heavy atom. The van der Waals surface area contributed by atoms with Crippen LogP contribution in [0.5, 0.6) is 0 Å². The monoisotopic (exact) mass is 549 g/mol. The maximum absolute atomic E-state index is 13.6. The predicted octanol–water partition coefficient (Wildman–Crippen LogP) is 3.40. The zero-order valence-corrected chi connectivity index (χ0v) is 22.6. The molecule has 2 heterocycles. The minimum atomic E-state index is -3.23. The van der Waals surface area contributed by atoms with Crippen LogP contribution in [0.2, 0.25) is 0 Å². The maximum Gasteiger partial charge on any atom is 0.337 e. The van der Waals surface area contributed by atoms with Gasteiger partial charge in [0, 0.05) is 31.9 Å². The second-order valence-corrected chi connectivity index (χ2v) is 10.8. The smallest absolute Gasteiger partial charge is 0.337 e. The summed E-state index contributed by atoms with van der Waals surface area (Å²) in [5, 5.41) is 0. The van der Waals surface area contributed by atoms with Gasteiger partial charge in [-0.15, -0.1) is 12.4 Å². The summed E-state index contributed by atoms with van der Waals surface area (Å²) in [6.07, 6.45) is 3.76. The van der Waals surface area contributed by atoms with Gasteiger partial charge in [-0.2, -0.15) is 4.31 Å². The highest BCUT2D eigenvalue weighted by atomic mass is 35.5. The molecule has 0 radical (unpaired) electrons. The number of hydrogen-bond acceptors (Lipinski definition) is 6. The van der Waals surface area contributed by atoms with E-state index < -0.39 is 16.0 Å². The van der Waals surface area contributed by atoms with Crippen LogP contribution < -0.4 is 4.90 Å². The molecule has 1 saturated heterocycles. The molecule has 2 aromatic carbocycles. The van der Waals surface area contributed by atoms with Crippen LogP contribution in [-0.2, 0) is 26.0 Å². The summed E-state index contributed by atoms with van der Waals surface area (Å²) in [6, 6.07) is 14.7. The molecule has 37 heavy (non-hydrogen) atoms. The number of morpholine rings is 1. The van der Waals surface area contributed by atoms with Gasteiger partial charge in [-0.3, -0.25) is 4.90 Å². The Kier molecular flexibility index (Phi) is 9.72. The third kappa shape index (κ3) is 7.10. The van der Waals surface area contributed by atoms with E-state index in [0.29, 0.717) is 57.9 Å². The van der Waals surface area contributed by atoms with E-state index >= 15 is 0 Å². The molecular weight excluding hydrogens is 518 g/mol. The molecular formula is C26H32ClN3O6S. The van der Waals surface area contributed by atoms with Crippen LogP contribution >= 0.6 is 12.4 Å². The summed E-state index contributed by atoms with van der Waals surface area (Å²) >= 11 is 0. The van der Waals surface area contributed by atoms with Crippen molar-refractivity contribution >= 4 is 45.7 Å². The molecule has 0 N–H and O–H groups in total. The highest BCUT2D eigenvalue weighted by molar-refractivity contribution is 7.88. The molecule has 9 nitrogen and oxygen atoms in total. The Labute approximate surface area is 224 Å². The number of rotatable bonds is 6. The Hall–Kier alpha value is -2.92. The number of halogens is 1. The number of sulfonamides is 1. The van der Waals surface area contributed by atoms with Crippen molar-refractivity contribution in [2.24, 2.45) is 0 Å². The van der Waals surface area contributed by atoms with E-state index in [1.807, 2.05) is 42.5 Å². The molecule has 2 aromatic rings. The fourth-order valence-corrected chi connectivity index (χ4v) is 5.10. The summed E-state index contributed by atoms with van der Waals surface area (Å²) in [4.78, 5) is 28.9. The number of esters is 1. The van der Waals surface area contributed by atoms with Gasteiger partial charge >= 0.3 is 12.0 Å². The first-order chi connectivity index (χ1) is 17.3. The second kappa shape index (κ2) is 12.6. The van der Waals surface area contributed by atoms with Gasteiger partial charge in [-0.05, 0) is 47.4 Å². The largest absolute Gasteiger partial charge is 0.465 e. The van der Waals surface area contributed by atoms with Gasteiger partial charge < -0.3 is 14.4 Å². The Balaban J connectivity index is 0.00000380. The second-order valence-electron chi connectivity index (χ2n) is 8.81. The number of carbonyl (C=O) groups excluding carboxylic acids is 2. The molecule has 0 aromatic heterocycles. The van der Waals surface area contributed by atoms with Crippen molar-refractivity contribution in [2.75, 3.05) is 57.7 Å². The highest BCUT2D eigenvalue weighted by Gasteiger charge is 2.26. The summed E-state index contributed by atoms with van der Waals surface area (Å²) in [7, 11) is -1.89.